The SMILES string of the molecule is Cc1cn2cc(NC(=O)c3ccc(SC(C)C)cc3)ccc2n1. The number of carbonyl (C=O) groups is 1. The van der Waals surface area contributed by atoms with Crippen LogP contribution in [0.2, 0.25) is 0 Å². The van der Waals surface area contributed by atoms with Crippen molar-refractivity contribution in [3.63, 3.8) is 0 Å². The Morgan fingerprint density at radius 3 is 2.57 bits per heavy atom. The van der Waals surface area contributed by atoms with E-state index in [1.807, 2.05) is 60.1 Å². The quantitative estimate of drug-likeness (QED) is 0.723. The fourth-order valence-electron chi connectivity index (χ4n) is 2.35. The molecule has 2 heterocycles. The molecule has 0 radical (unpaired) electrons. The summed E-state index contributed by atoms with van der Waals surface area (Å²) in [5.74, 6) is -0.109. The summed E-state index contributed by atoms with van der Waals surface area (Å²) in [6.45, 7) is 6.25. The van der Waals surface area contributed by atoms with Crippen LogP contribution >= 0.6 is 11.8 Å². The second-order valence-corrected chi connectivity index (χ2v) is 7.36. The Morgan fingerprint density at radius 2 is 1.87 bits per heavy atom. The lowest BCUT2D eigenvalue weighted by Gasteiger charge is -2.08. The van der Waals surface area contributed by atoms with Crippen LogP contribution in [0.3, 0.4) is 0 Å². The van der Waals surface area contributed by atoms with Crippen LogP contribution in [0.25, 0.3) is 5.65 Å². The number of thioether (sulfide) groups is 1. The largest absolute Gasteiger partial charge is 0.321 e. The van der Waals surface area contributed by atoms with Gasteiger partial charge in [-0.1, -0.05) is 13.8 Å². The third-order valence-corrected chi connectivity index (χ3v) is 4.33. The van der Waals surface area contributed by atoms with Gasteiger partial charge in [-0.25, -0.2) is 4.98 Å². The van der Waals surface area contributed by atoms with Gasteiger partial charge in [0.1, 0.15) is 5.65 Å². The molecule has 3 rings (SSSR count). The molecule has 2 aromatic heterocycles. The highest BCUT2D eigenvalue weighted by Gasteiger charge is 2.08. The molecular formula is C18H19N3OS. The van der Waals surface area contributed by atoms with E-state index in [2.05, 4.69) is 24.1 Å². The van der Waals surface area contributed by atoms with Crippen LogP contribution in [0, 0.1) is 6.92 Å². The number of carbonyl (C=O) groups excluding carboxylic acids is 1. The summed E-state index contributed by atoms with van der Waals surface area (Å²) in [6.07, 6.45) is 3.80. The molecule has 0 atom stereocenters. The third kappa shape index (κ3) is 3.74. The van der Waals surface area contributed by atoms with E-state index in [4.69, 9.17) is 0 Å². The van der Waals surface area contributed by atoms with E-state index in [1.54, 1.807) is 11.8 Å². The molecule has 1 N–H and O–H groups in total. The number of imidazole rings is 1. The molecule has 0 saturated carbocycles. The Hall–Kier alpha value is -2.27. The third-order valence-electron chi connectivity index (χ3n) is 3.32. The first-order valence-corrected chi connectivity index (χ1v) is 8.42. The van der Waals surface area contributed by atoms with Crippen LogP contribution in [-0.2, 0) is 0 Å². The number of aryl methyl sites for hydroxylation is 1. The zero-order valence-corrected chi connectivity index (χ0v) is 14.2. The summed E-state index contributed by atoms with van der Waals surface area (Å²) in [6, 6.07) is 11.5. The smallest absolute Gasteiger partial charge is 0.255 e. The van der Waals surface area contributed by atoms with E-state index in [0.29, 0.717) is 10.8 Å². The van der Waals surface area contributed by atoms with Crippen molar-refractivity contribution >= 4 is 29.0 Å². The fraction of sp³-hybridized carbons (Fsp3) is 0.222. The average molecular weight is 325 g/mol. The standard InChI is InChI=1S/C18H19N3OS/c1-12(2)23-16-7-4-14(5-8-16)18(22)20-15-6-9-17-19-13(3)10-21(17)11-15/h4-12H,1-3H3,(H,20,22). The van der Waals surface area contributed by atoms with Crippen molar-refractivity contribution in [1.82, 2.24) is 9.38 Å². The molecule has 3 aromatic rings. The number of amides is 1. The highest BCUT2D eigenvalue weighted by atomic mass is 32.2. The van der Waals surface area contributed by atoms with Gasteiger partial charge in [-0.3, -0.25) is 4.79 Å². The zero-order valence-electron chi connectivity index (χ0n) is 13.4. The first-order valence-electron chi connectivity index (χ1n) is 7.55. The Bertz CT molecular complexity index is 837. The number of rotatable bonds is 4. The van der Waals surface area contributed by atoms with Crippen LogP contribution in [0.15, 0.2) is 53.7 Å². The number of pyridine rings is 1. The first kappa shape index (κ1) is 15.6. The van der Waals surface area contributed by atoms with Gasteiger partial charge >= 0.3 is 0 Å². The van der Waals surface area contributed by atoms with Crippen molar-refractivity contribution < 1.29 is 4.79 Å². The Labute approximate surface area is 139 Å². The lowest BCUT2D eigenvalue weighted by molar-refractivity contribution is 0.102. The van der Waals surface area contributed by atoms with Crippen molar-refractivity contribution in [3.8, 4) is 0 Å². The number of hydrogen-bond donors (Lipinski definition) is 1. The predicted octanol–water partition coefficient (Wildman–Crippen LogP) is 4.40. The van der Waals surface area contributed by atoms with E-state index < -0.39 is 0 Å². The van der Waals surface area contributed by atoms with Gasteiger partial charge in [-0.05, 0) is 43.3 Å². The molecular weight excluding hydrogens is 306 g/mol. The van der Waals surface area contributed by atoms with E-state index in [1.165, 1.54) is 4.90 Å². The second-order valence-electron chi connectivity index (χ2n) is 5.71. The summed E-state index contributed by atoms with van der Waals surface area (Å²) in [4.78, 5) is 17.9. The summed E-state index contributed by atoms with van der Waals surface area (Å²) in [5, 5.41) is 3.45. The van der Waals surface area contributed by atoms with Crippen molar-refractivity contribution in [2.75, 3.05) is 5.32 Å². The molecule has 4 nitrogen and oxygen atoms in total. The molecule has 5 heteroatoms. The molecule has 0 fully saturated rings. The van der Waals surface area contributed by atoms with Gasteiger partial charge in [0.2, 0.25) is 0 Å². The van der Waals surface area contributed by atoms with Gasteiger partial charge in [-0.2, -0.15) is 0 Å². The number of benzene rings is 1. The number of anilines is 1. The van der Waals surface area contributed by atoms with Gasteiger partial charge in [0.15, 0.2) is 0 Å². The maximum Gasteiger partial charge on any atom is 0.255 e. The Balaban J connectivity index is 1.74. The van der Waals surface area contributed by atoms with Gasteiger partial charge < -0.3 is 9.72 Å². The van der Waals surface area contributed by atoms with Crippen LogP contribution < -0.4 is 5.32 Å². The Morgan fingerprint density at radius 1 is 1.13 bits per heavy atom. The summed E-state index contributed by atoms with van der Waals surface area (Å²) in [7, 11) is 0. The number of hydrogen-bond acceptors (Lipinski definition) is 3. The van der Waals surface area contributed by atoms with E-state index in [0.717, 1.165) is 17.0 Å². The van der Waals surface area contributed by atoms with Gasteiger partial charge in [0, 0.05) is 28.1 Å². The van der Waals surface area contributed by atoms with E-state index >= 15 is 0 Å². The monoisotopic (exact) mass is 325 g/mol. The van der Waals surface area contributed by atoms with E-state index in [-0.39, 0.29) is 5.91 Å². The highest BCUT2D eigenvalue weighted by molar-refractivity contribution is 7.99. The molecule has 0 bridgehead atoms. The van der Waals surface area contributed by atoms with Crippen LogP contribution in [0.5, 0.6) is 0 Å². The Kier molecular flexibility index (Phi) is 4.39. The minimum Gasteiger partial charge on any atom is -0.321 e. The van der Waals surface area contributed by atoms with Crippen molar-refractivity contribution in [3.05, 3.63) is 60.0 Å². The zero-order chi connectivity index (χ0) is 16.4. The molecule has 0 aliphatic rings. The van der Waals surface area contributed by atoms with Gasteiger partial charge in [0.05, 0.1) is 11.4 Å². The molecule has 0 aliphatic carbocycles. The topological polar surface area (TPSA) is 46.4 Å². The van der Waals surface area contributed by atoms with Gasteiger partial charge in [-0.15, -0.1) is 11.8 Å². The molecule has 118 valence electrons. The second kappa shape index (κ2) is 6.46. The maximum absolute atomic E-state index is 12.3. The molecule has 0 spiro atoms. The number of fused-ring (bicyclic) bond motifs is 1. The predicted molar refractivity (Wildman–Crippen MR) is 95.3 cm³/mol. The van der Waals surface area contributed by atoms with Gasteiger partial charge in [0.25, 0.3) is 5.91 Å². The molecule has 1 aromatic carbocycles. The molecule has 1 amide bonds. The lowest BCUT2D eigenvalue weighted by atomic mass is 10.2. The van der Waals surface area contributed by atoms with Crippen molar-refractivity contribution in [2.24, 2.45) is 0 Å². The van der Waals surface area contributed by atoms with Crippen LogP contribution in [0.4, 0.5) is 5.69 Å². The summed E-state index contributed by atoms with van der Waals surface area (Å²) < 4.78 is 1.91. The maximum atomic E-state index is 12.3. The molecule has 0 aliphatic heterocycles. The van der Waals surface area contributed by atoms with Crippen LogP contribution in [0.1, 0.15) is 29.9 Å². The number of nitrogens with one attached hydrogen (secondary N) is 1. The van der Waals surface area contributed by atoms with E-state index in [9.17, 15) is 4.79 Å². The van der Waals surface area contributed by atoms with Crippen molar-refractivity contribution in [2.45, 2.75) is 30.9 Å². The lowest BCUT2D eigenvalue weighted by Crippen LogP contribution is -2.12. The summed E-state index contributed by atoms with van der Waals surface area (Å²) in [5.41, 5.74) is 3.22. The average Bonchev–Trinajstić information content (AvgIpc) is 2.86. The molecule has 0 unspecified atom stereocenters. The molecule has 23 heavy (non-hydrogen) atoms. The number of aromatic nitrogens is 2. The molecule has 0 saturated heterocycles. The minimum absolute atomic E-state index is 0.109. The normalized spacial score (nSPS) is 11.1. The minimum atomic E-state index is -0.109. The fourth-order valence-corrected chi connectivity index (χ4v) is 3.19. The first-order chi connectivity index (χ1) is 11.0. The van der Waals surface area contributed by atoms with Crippen LogP contribution in [-0.4, -0.2) is 20.5 Å². The number of nitrogens with zero attached hydrogens (tertiary/aromatic N) is 2. The summed E-state index contributed by atoms with van der Waals surface area (Å²) >= 11 is 1.78. The highest BCUT2D eigenvalue weighted by Crippen LogP contribution is 2.23. The van der Waals surface area contributed by atoms with Crippen molar-refractivity contribution in [1.29, 1.82) is 0 Å².